The van der Waals surface area contributed by atoms with Crippen molar-refractivity contribution < 1.29 is 4.79 Å². The van der Waals surface area contributed by atoms with Gasteiger partial charge in [0, 0.05) is 6.20 Å². The van der Waals surface area contributed by atoms with Crippen molar-refractivity contribution in [1.29, 1.82) is 0 Å². The number of imidazole rings is 1. The molecule has 0 saturated heterocycles. The molecule has 102 valence electrons. The van der Waals surface area contributed by atoms with E-state index in [1.807, 2.05) is 39.1 Å². The molecule has 0 bridgehead atoms. The van der Waals surface area contributed by atoms with Gasteiger partial charge in [0.15, 0.2) is 0 Å². The molecule has 0 atom stereocenters. The number of rotatable bonds is 2. The Labute approximate surface area is 119 Å². The van der Waals surface area contributed by atoms with Gasteiger partial charge in [0.2, 0.25) is 5.13 Å². The summed E-state index contributed by atoms with van der Waals surface area (Å²) in [4.78, 5) is 16.8. The van der Waals surface area contributed by atoms with Gasteiger partial charge in [0.25, 0.3) is 5.91 Å². The second-order valence-electron chi connectivity index (χ2n) is 4.56. The SMILES string of the molecule is Cc1ccn2c(C(=O)Nc3nnc(C)s3)c(C)nc2c1. The number of nitrogens with one attached hydrogen (secondary N) is 1. The molecule has 0 saturated carbocycles. The van der Waals surface area contributed by atoms with Crippen molar-refractivity contribution in [2.24, 2.45) is 0 Å². The van der Waals surface area contributed by atoms with Gasteiger partial charge in [-0.1, -0.05) is 11.3 Å². The summed E-state index contributed by atoms with van der Waals surface area (Å²) >= 11 is 1.34. The molecule has 1 N–H and O–H groups in total. The molecule has 0 aromatic carbocycles. The molecule has 3 aromatic heterocycles. The first kappa shape index (κ1) is 12.7. The number of anilines is 1. The normalized spacial score (nSPS) is 10.9. The highest BCUT2D eigenvalue weighted by Crippen LogP contribution is 2.18. The van der Waals surface area contributed by atoms with Crippen molar-refractivity contribution >= 4 is 28.0 Å². The molecule has 0 aliphatic carbocycles. The predicted molar refractivity (Wildman–Crippen MR) is 77.3 cm³/mol. The third-order valence-electron chi connectivity index (χ3n) is 2.92. The number of carbonyl (C=O) groups is 1. The van der Waals surface area contributed by atoms with Crippen LogP contribution in [-0.4, -0.2) is 25.5 Å². The van der Waals surface area contributed by atoms with Gasteiger partial charge in [-0.05, 0) is 38.5 Å². The average Bonchev–Trinajstić information content (AvgIpc) is 2.91. The van der Waals surface area contributed by atoms with Crippen molar-refractivity contribution in [2.75, 3.05) is 5.32 Å². The first-order chi connectivity index (χ1) is 9.54. The van der Waals surface area contributed by atoms with Crippen molar-refractivity contribution in [1.82, 2.24) is 19.6 Å². The number of aromatic nitrogens is 4. The maximum Gasteiger partial charge on any atom is 0.276 e. The Kier molecular flexibility index (Phi) is 2.98. The second kappa shape index (κ2) is 4.68. The molecule has 0 fully saturated rings. The number of amides is 1. The first-order valence-corrected chi connectivity index (χ1v) is 6.93. The maximum atomic E-state index is 12.4. The monoisotopic (exact) mass is 287 g/mol. The van der Waals surface area contributed by atoms with E-state index in [0.29, 0.717) is 16.5 Å². The fourth-order valence-electron chi connectivity index (χ4n) is 2.04. The van der Waals surface area contributed by atoms with E-state index in [-0.39, 0.29) is 5.91 Å². The zero-order valence-electron chi connectivity index (χ0n) is 11.3. The summed E-state index contributed by atoms with van der Waals surface area (Å²) in [6, 6.07) is 3.89. The van der Waals surface area contributed by atoms with Crippen LogP contribution in [0.25, 0.3) is 5.65 Å². The smallest absolute Gasteiger partial charge is 0.276 e. The number of nitrogens with zero attached hydrogens (tertiary/aromatic N) is 4. The van der Waals surface area contributed by atoms with Crippen LogP contribution in [0.15, 0.2) is 18.3 Å². The third kappa shape index (κ3) is 2.16. The number of hydrogen-bond acceptors (Lipinski definition) is 5. The van der Waals surface area contributed by atoms with Gasteiger partial charge in [-0.2, -0.15) is 0 Å². The Morgan fingerprint density at radius 1 is 1.30 bits per heavy atom. The van der Waals surface area contributed by atoms with Gasteiger partial charge in [0.1, 0.15) is 16.3 Å². The second-order valence-corrected chi connectivity index (χ2v) is 5.74. The summed E-state index contributed by atoms with van der Waals surface area (Å²) in [5, 5.41) is 11.8. The van der Waals surface area contributed by atoms with Crippen LogP contribution in [-0.2, 0) is 0 Å². The lowest BCUT2D eigenvalue weighted by atomic mass is 10.3. The van der Waals surface area contributed by atoms with Crippen LogP contribution in [0, 0.1) is 20.8 Å². The van der Waals surface area contributed by atoms with Crippen molar-refractivity contribution in [3.05, 3.63) is 40.3 Å². The molecule has 20 heavy (non-hydrogen) atoms. The molecular weight excluding hydrogens is 274 g/mol. The van der Waals surface area contributed by atoms with E-state index in [1.165, 1.54) is 11.3 Å². The fraction of sp³-hybridized carbons (Fsp3) is 0.231. The Morgan fingerprint density at radius 2 is 2.10 bits per heavy atom. The lowest BCUT2D eigenvalue weighted by Gasteiger charge is -2.03. The molecule has 6 nitrogen and oxygen atoms in total. The number of aryl methyl sites for hydroxylation is 3. The molecule has 1 amide bonds. The summed E-state index contributed by atoms with van der Waals surface area (Å²) < 4.78 is 1.78. The first-order valence-electron chi connectivity index (χ1n) is 6.11. The van der Waals surface area contributed by atoms with Crippen LogP contribution in [0.4, 0.5) is 5.13 Å². The van der Waals surface area contributed by atoms with Crippen LogP contribution in [0.1, 0.15) is 26.8 Å². The van der Waals surface area contributed by atoms with E-state index >= 15 is 0 Å². The van der Waals surface area contributed by atoms with E-state index in [9.17, 15) is 4.79 Å². The summed E-state index contributed by atoms with van der Waals surface area (Å²) in [6.07, 6.45) is 1.85. The molecule has 3 rings (SSSR count). The number of pyridine rings is 1. The molecule has 0 aliphatic heterocycles. The maximum absolute atomic E-state index is 12.4. The predicted octanol–water partition coefficient (Wildman–Crippen LogP) is 2.36. The van der Waals surface area contributed by atoms with E-state index in [0.717, 1.165) is 16.2 Å². The van der Waals surface area contributed by atoms with E-state index < -0.39 is 0 Å². The van der Waals surface area contributed by atoms with Gasteiger partial charge in [0.05, 0.1) is 5.69 Å². The third-order valence-corrected chi connectivity index (χ3v) is 3.67. The highest BCUT2D eigenvalue weighted by molar-refractivity contribution is 7.15. The Hall–Kier alpha value is -2.28. The lowest BCUT2D eigenvalue weighted by Crippen LogP contribution is -2.15. The quantitative estimate of drug-likeness (QED) is 0.785. The molecule has 0 aliphatic rings. The fourth-order valence-corrected chi connectivity index (χ4v) is 2.63. The van der Waals surface area contributed by atoms with E-state index in [1.54, 1.807) is 4.40 Å². The summed E-state index contributed by atoms with van der Waals surface area (Å²) in [7, 11) is 0. The van der Waals surface area contributed by atoms with E-state index in [2.05, 4.69) is 20.5 Å². The van der Waals surface area contributed by atoms with Crippen LogP contribution in [0.3, 0.4) is 0 Å². The van der Waals surface area contributed by atoms with Crippen molar-refractivity contribution in [2.45, 2.75) is 20.8 Å². The van der Waals surface area contributed by atoms with E-state index in [4.69, 9.17) is 0 Å². The minimum absolute atomic E-state index is 0.227. The molecule has 3 aromatic rings. The van der Waals surface area contributed by atoms with Gasteiger partial charge in [-0.15, -0.1) is 10.2 Å². The summed E-state index contributed by atoms with van der Waals surface area (Å²) in [5.41, 5.74) is 3.08. The number of fused-ring (bicyclic) bond motifs is 1. The molecule has 3 heterocycles. The number of hydrogen-bond donors (Lipinski definition) is 1. The topological polar surface area (TPSA) is 72.2 Å². The number of carbonyl (C=O) groups excluding carboxylic acids is 1. The highest BCUT2D eigenvalue weighted by atomic mass is 32.1. The van der Waals surface area contributed by atoms with Crippen molar-refractivity contribution in [3.8, 4) is 0 Å². The summed E-state index contributed by atoms with van der Waals surface area (Å²) in [5.74, 6) is -0.227. The van der Waals surface area contributed by atoms with Crippen LogP contribution in [0.2, 0.25) is 0 Å². The Balaban J connectivity index is 2.01. The Bertz CT molecular complexity index is 804. The van der Waals surface area contributed by atoms with Crippen LogP contribution >= 0.6 is 11.3 Å². The minimum atomic E-state index is -0.227. The van der Waals surface area contributed by atoms with Gasteiger partial charge < -0.3 is 0 Å². The zero-order valence-corrected chi connectivity index (χ0v) is 12.2. The standard InChI is InChI=1S/C13H13N5OS/c1-7-4-5-18-10(6-7)14-8(2)11(18)12(19)15-13-17-16-9(3)20-13/h4-6H,1-3H3,(H,15,17,19). The van der Waals surface area contributed by atoms with Gasteiger partial charge in [-0.25, -0.2) is 4.98 Å². The average molecular weight is 287 g/mol. The minimum Gasteiger partial charge on any atom is -0.295 e. The molecule has 0 spiro atoms. The summed E-state index contributed by atoms with van der Waals surface area (Å²) in [6.45, 7) is 5.66. The Morgan fingerprint density at radius 3 is 2.80 bits per heavy atom. The lowest BCUT2D eigenvalue weighted by molar-refractivity contribution is 0.102. The molecule has 0 radical (unpaired) electrons. The molecule has 0 unspecified atom stereocenters. The zero-order chi connectivity index (χ0) is 14.3. The van der Waals surface area contributed by atoms with Gasteiger partial charge >= 0.3 is 0 Å². The highest BCUT2D eigenvalue weighted by Gasteiger charge is 2.17. The van der Waals surface area contributed by atoms with Crippen molar-refractivity contribution in [3.63, 3.8) is 0 Å². The van der Waals surface area contributed by atoms with Gasteiger partial charge in [-0.3, -0.25) is 14.5 Å². The van der Waals surface area contributed by atoms with Crippen LogP contribution in [0.5, 0.6) is 0 Å². The largest absolute Gasteiger partial charge is 0.295 e. The van der Waals surface area contributed by atoms with Crippen LogP contribution < -0.4 is 5.32 Å². The molecular formula is C13H13N5OS. The molecule has 7 heteroatoms.